The monoisotopic (exact) mass is 457 g/mol. The molecular formula is C26H31N7O. The van der Waals surface area contributed by atoms with Gasteiger partial charge in [-0.2, -0.15) is 5.10 Å². The van der Waals surface area contributed by atoms with Crippen molar-refractivity contribution in [3.05, 3.63) is 64.1 Å². The van der Waals surface area contributed by atoms with E-state index in [1.165, 1.54) is 11.1 Å². The second-order valence-corrected chi connectivity index (χ2v) is 10.1. The second-order valence-electron chi connectivity index (χ2n) is 10.1. The molecule has 2 aliphatic rings. The summed E-state index contributed by atoms with van der Waals surface area (Å²) in [4.78, 5) is 20.4. The van der Waals surface area contributed by atoms with Crippen molar-refractivity contribution in [2.75, 3.05) is 19.4 Å². The van der Waals surface area contributed by atoms with E-state index < -0.39 is 0 Å². The van der Waals surface area contributed by atoms with Crippen LogP contribution >= 0.6 is 0 Å². The molecule has 1 N–H and O–H groups in total. The quantitative estimate of drug-likeness (QED) is 0.473. The number of pyridine rings is 1. The molecular weight excluding hydrogens is 426 g/mol. The van der Waals surface area contributed by atoms with E-state index in [1.807, 2.05) is 47.6 Å². The largest absolute Gasteiger partial charge is 0.340 e. The maximum absolute atomic E-state index is 13.2. The normalized spacial score (nSPS) is 17.8. The predicted octanol–water partition coefficient (Wildman–Crippen LogP) is 4.07. The van der Waals surface area contributed by atoms with Crippen molar-refractivity contribution in [2.24, 2.45) is 0 Å². The van der Waals surface area contributed by atoms with Crippen LogP contribution < -0.4 is 10.9 Å². The number of hydrogen-bond donors (Lipinski definition) is 1. The topological polar surface area (TPSA) is 72.9 Å². The summed E-state index contributed by atoms with van der Waals surface area (Å²) in [5.74, 6) is 1.44. The summed E-state index contributed by atoms with van der Waals surface area (Å²) in [5.41, 5.74) is 4.40. The lowest BCUT2D eigenvalue weighted by atomic mass is 10.1. The Morgan fingerprint density at radius 2 is 1.85 bits per heavy atom. The number of hydrogen-bond acceptors (Lipinski definition) is 5. The highest BCUT2D eigenvalue weighted by atomic mass is 16.1. The molecule has 0 amide bonds. The van der Waals surface area contributed by atoms with Gasteiger partial charge in [-0.3, -0.25) is 9.48 Å². The van der Waals surface area contributed by atoms with Crippen LogP contribution in [-0.2, 0) is 12.8 Å². The molecule has 0 spiro atoms. The zero-order valence-corrected chi connectivity index (χ0v) is 20.2. The molecule has 0 aliphatic heterocycles. The molecule has 0 saturated heterocycles. The van der Waals surface area contributed by atoms with Gasteiger partial charge in [-0.15, -0.1) is 0 Å². The SMILES string of the molecule is CC(C)n1c(=O)c2ccc(Nc3ccc4c(c3)CC(N(C)C)C4)nc2n1-c1ccn(C2CC2)n1. The minimum atomic E-state index is -0.0442. The van der Waals surface area contributed by atoms with Gasteiger partial charge in [0, 0.05) is 30.0 Å². The van der Waals surface area contributed by atoms with Crippen LogP contribution in [0.4, 0.5) is 11.5 Å². The Morgan fingerprint density at radius 3 is 2.59 bits per heavy atom. The van der Waals surface area contributed by atoms with Crippen molar-refractivity contribution in [2.45, 2.75) is 57.7 Å². The fourth-order valence-corrected chi connectivity index (χ4v) is 5.02. The van der Waals surface area contributed by atoms with Gasteiger partial charge in [0.15, 0.2) is 11.5 Å². The van der Waals surface area contributed by atoms with Crippen LogP contribution in [0.25, 0.3) is 16.9 Å². The van der Waals surface area contributed by atoms with Crippen LogP contribution in [0.1, 0.15) is 49.9 Å². The van der Waals surface area contributed by atoms with Crippen LogP contribution in [0.15, 0.2) is 47.4 Å². The molecule has 3 heterocycles. The van der Waals surface area contributed by atoms with Crippen molar-refractivity contribution >= 4 is 22.5 Å². The van der Waals surface area contributed by atoms with Gasteiger partial charge in [-0.25, -0.2) is 14.3 Å². The second kappa shape index (κ2) is 7.84. The molecule has 8 heteroatoms. The molecule has 1 saturated carbocycles. The van der Waals surface area contributed by atoms with Crippen molar-refractivity contribution in [1.29, 1.82) is 0 Å². The van der Waals surface area contributed by atoms with Crippen molar-refractivity contribution < 1.29 is 0 Å². The maximum atomic E-state index is 13.2. The first-order valence-electron chi connectivity index (χ1n) is 12.1. The number of anilines is 2. The lowest BCUT2D eigenvalue weighted by molar-refractivity contribution is 0.303. The third-order valence-electron chi connectivity index (χ3n) is 7.07. The number of benzene rings is 1. The summed E-state index contributed by atoms with van der Waals surface area (Å²) < 4.78 is 5.62. The summed E-state index contributed by atoms with van der Waals surface area (Å²) in [5, 5.41) is 8.84. The number of nitrogens with zero attached hydrogens (tertiary/aromatic N) is 6. The van der Waals surface area contributed by atoms with Crippen LogP contribution in [0.5, 0.6) is 0 Å². The molecule has 1 unspecified atom stereocenters. The molecule has 8 nitrogen and oxygen atoms in total. The van der Waals surface area contributed by atoms with E-state index in [0.717, 1.165) is 37.2 Å². The fourth-order valence-electron chi connectivity index (χ4n) is 5.02. The first kappa shape index (κ1) is 21.2. The Bertz CT molecular complexity index is 1440. The average molecular weight is 458 g/mol. The Labute approximate surface area is 198 Å². The highest BCUT2D eigenvalue weighted by Gasteiger charge is 2.26. The zero-order chi connectivity index (χ0) is 23.6. The number of rotatable bonds is 6. The molecule has 1 fully saturated rings. The summed E-state index contributed by atoms with van der Waals surface area (Å²) in [6.45, 7) is 4.03. The highest BCUT2D eigenvalue weighted by molar-refractivity contribution is 5.79. The molecule has 6 rings (SSSR count). The van der Waals surface area contributed by atoms with Crippen molar-refractivity contribution in [3.8, 4) is 5.82 Å². The number of likely N-dealkylation sites (N-methyl/N-ethyl adjacent to an activating group) is 1. The summed E-state index contributed by atoms with van der Waals surface area (Å²) in [6.07, 6.45) is 6.47. The van der Waals surface area contributed by atoms with Crippen molar-refractivity contribution in [1.82, 2.24) is 29.0 Å². The maximum Gasteiger partial charge on any atom is 0.276 e. The first-order valence-corrected chi connectivity index (χ1v) is 12.1. The van der Waals surface area contributed by atoms with E-state index in [2.05, 4.69) is 42.5 Å². The molecule has 2 aliphatic carbocycles. The third-order valence-corrected chi connectivity index (χ3v) is 7.07. The van der Waals surface area contributed by atoms with Crippen LogP contribution in [0, 0.1) is 0 Å². The molecule has 0 bridgehead atoms. The van der Waals surface area contributed by atoms with Gasteiger partial charge in [-0.1, -0.05) is 6.07 Å². The lowest BCUT2D eigenvalue weighted by Crippen LogP contribution is -2.27. The van der Waals surface area contributed by atoms with Gasteiger partial charge in [0.05, 0.1) is 11.4 Å². The van der Waals surface area contributed by atoms with Gasteiger partial charge in [0.2, 0.25) is 0 Å². The van der Waals surface area contributed by atoms with Gasteiger partial charge in [0.1, 0.15) is 5.82 Å². The van der Waals surface area contributed by atoms with E-state index >= 15 is 0 Å². The summed E-state index contributed by atoms with van der Waals surface area (Å²) >= 11 is 0. The molecule has 34 heavy (non-hydrogen) atoms. The molecule has 4 aromatic rings. The summed E-state index contributed by atoms with van der Waals surface area (Å²) in [7, 11) is 4.29. The summed E-state index contributed by atoms with van der Waals surface area (Å²) in [6, 6.07) is 13.3. The van der Waals surface area contributed by atoms with Gasteiger partial charge in [0.25, 0.3) is 5.56 Å². The van der Waals surface area contributed by atoms with Gasteiger partial charge >= 0.3 is 0 Å². The van der Waals surface area contributed by atoms with E-state index in [0.29, 0.717) is 28.9 Å². The van der Waals surface area contributed by atoms with Crippen LogP contribution in [-0.4, -0.2) is 49.2 Å². The lowest BCUT2D eigenvalue weighted by Gasteiger charge is -2.17. The highest BCUT2D eigenvalue weighted by Crippen LogP contribution is 2.34. The van der Waals surface area contributed by atoms with Crippen LogP contribution in [0.2, 0.25) is 0 Å². The number of aromatic nitrogens is 5. The van der Waals surface area contributed by atoms with Crippen molar-refractivity contribution in [3.63, 3.8) is 0 Å². The van der Waals surface area contributed by atoms with Gasteiger partial charge in [-0.05, 0) is 89.0 Å². The Kier molecular flexibility index (Phi) is 4.88. The molecule has 176 valence electrons. The van der Waals surface area contributed by atoms with Gasteiger partial charge < -0.3 is 10.2 Å². The standard InChI is InChI=1S/C26H31N7O/c1-16(2)32-26(34)22-9-10-23(27-19-6-5-17-14-21(30(3)4)15-18(17)13-19)28-25(22)33(32)24-11-12-31(29-24)20-7-8-20/h5-6,9-13,16,20-21H,7-8,14-15H2,1-4H3,(H,27,28). The number of nitrogens with one attached hydrogen (secondary N) is 1. The van der Waals surface area contributed by atoms with Crippen LogP contribution in [0.3, 0.4) is 0 Å². The van der Waals surface area contributed by atoms with E-state index in [9.17, 15) is 4.79 Å². The van der Waals surface area contributed by atoms with E-state index in [4.69, 9.17) is 10.1 Å². The molecule has 1 aromatic carbocycles. The van der Waals surface area contributed by atoms with E-state index in [1.54, 1.807) is 4.68 Å². The molecule has 0 radical (unpaired) electrons. The minimum absolute atomic E-state index is 0.0227. The Morgan fingerprint density at radius 1 is 1.06 bits per heavy atom. The Balaban J connectivity index is 1.39. The first-order chi connectivity index (χ1) is 16.4. The third kappa shape index (κ3) is 3.53. The fraction of sp³-hybridized carbons (Fsp3) is 0.423. The smallest absolute Gasteiger partial charge is 0.276 e. The number of fused-ring (bicyclic) bond motifs is 2. The predicted molar refractivity (Wildman–Crippen MR) is 134 cm³/mol. The molecule has 3 aromatic heterocycles. The molecule has 1 atom stereocenters. The zero-order valence-electron chi connectivity index (χ0n) is 20.2. The Hall–Kier alpha value is -3.39. The van der Waals surface area contributed by atoms with E-state index in [-0.39, 0.29) is 11.6 Å². The average Bonchev–Trinajstić information content (AvgIpc) is 3.26. The minimum Gasteiger partial charge on any atom is -0.340 e.